The quantitative estimate of drug-likeness (QED) is 0.750. The Hall–Kier alpha value is -3.00. The smallest absolute Gasteiger partial charge is 0.255 e. The van der Waals surface area contributed by atoms with Gasteiger partial charge >= 0.3 is 0 Å². The number of thioether (sulfide) groups is 1. The Kier molecular flexibility index (Phi) is 5.66. The fraction of sp³-hybridized carbons (Fsp3) is 0.211. The Balaban J connectivity index is 1.85. The molecule has 0 saturated carbocycles. The molecule has 0 unspecified atom stereocenters. The van der Waals surface area contributed by atoms with Crippen LogP contribution in [-0.4, -0.2) is 30.6 Å². The predicted octanol–water partition coefficient (Wildman–Crippen LogP) is 3.34. The highest BCUT2D eigenvalue weighted by atomic mass is 32.2. The Labute approximate surface area is 160 Å². The molecule has 8 heteroatoms. The van der Waals surface area contributed by atoms with E-state index in [-0.39, 0.29) is 17.7 Å². The summed E-state index contributed by atoms with van der Waals surface area (Å²) in [6.07, 6.45) is 0.439. The first-order valence-corrected chi connectivity index (χ1v) is 9.28. The van der Waals surface area contributed by atoms with Crippen molar-refractivity contribution in [2.45, 2.75) is 18.2 Å². The fourth-order valence-electron chi connectivity index (χ4n) is 2.64. The van der Waals surface area contributed by atoms with Gasteiger partial charge in [-0.3, -0.25) is 14.4 Å². The molecule has 1 heterocycles. The highest BCUT2D eigenvalue weighted by Gasteiger charge is 2.17. The van der Waals surface area contributed by atoms with Crippen molar-refractivity contribution in [2.24, 2.45) is 0 Å². The SMILES string of the molecule is COc1ccc(NC(C)=O)cc1NC(=O)c1ccc2c(c1)NC(=O)CCS2. The van der Waals surface area contributed by atoms with Crippen LogP contribution < -0.4 is 20.7 Å². The van der Waals surface area contributed by atoms with Crippen LogP contribution in [-0.2, 0) is 9.59 Å². The van der Waals surface area contributed by atoms with E-state index in [2.05, 4.69) is 16.0 Å². The third-order valence-electron chi connectivity index (χ3n) is 3.87. The second-order valence-corrected chi connectivity index (χ2v) is 7.04. The number of fused-ring (bicyclic) bond motifs is 1. The molecule has 0 atom stereocenters. The number of rotatable bonds is 4. The van der Waals surface area contributed by atoms with E-state index < -0.39 is 0 Å². The maximum Gasteiger partial charge on any atom is 0.255 e. The molecule has 0 radical (unpaired) electrons. The molecule has 2 aromatic carbocycles. The first kappa shape index (κ1) is 18.8. The minimum absolute atomic E-state index is 0.0662. The summed E-state index contributed by atoms with van der Waals surface area (Å²) in [5.41, 5.74) is 2.02. The molecule has 0 bridgehead atoms. The van der Waals surface area contributed by atoms with Crippen LogP contribution in [0.1, 0.15) is 23.7 Å². The number of carbonyl (C=O) groups excluding carboxylic acids is 3. The van der Waals surface area contributed by atoms with Gasteiger partial charge in [-0.2, -0.15) is 0 Å². The molecule has 0 saturated heterocycles. The standard InChI is InChI=1S/C19H19N3O4S/c1-11(23)20-13-4-5-16(26-2)14(10-13)22-19(25)12-3-6-17-15(9-12)21-18(24)7-8-27-17/h3-6,9-10H,7-8H2,1-2H3,(H,20,23)(H,21,24)(H,22,25). The molecule has 0 aliphatic carbocycles. The van der Waals surface area contributed by atoms with Gasteiger partial charge in [0.05, 0.1) is 18.5 Å². The van der Waals surface area contributed by atoms with E-state index in [4.69, 9.17) is 4.74 Å². The van der Waals surface area contributed by atoms with Gasteiger partial charge in [-0.05, 0) is 36.4 Å². The molecule has 7 nitrogen and oxygen atoms in total. The van der Waals surface area contributed by atoms with Gasteiger partial charge < -0.3 is 20.7 Å². The highest BCUT2D eigenvalue weighted by Crippen LogP contribution is 2.32. The molecule has 3 rings (SSSR count). The van der Waals surface area contributed by atoms with Crippen molar-refractivity contribution < 1.29 is 19.1 Å². The first-order chi connectivity index (χ1) is 13.0. The lowest BCUT2D eigenvalue weighted by atomic mass is 10.1. The van der Waals surface area contributed by atoms with Gasteiger partial charge in [0.25, 0.3) is 5.91 Å². The van der Waals surface area contributed by atoms with Crippen molar-refractivity contribution >= 4 is 46.5 Å². The predicted molar refractivity (Wildman–Crippen MR) is 106 cm³/mol. The van der Waals surface area contributed by atoms with Crippen molar-refractivity contribution in [3.8, 4) is 5.75 Å². The number of hydrogen-bond donors (Lipinski definition) is 3. The summed E-state index contributed by atoms with van der Waals surface area (Å²) in [5, 5.41) is 8.28. The Morgan fingerprint density at radius 1 is 1.15 bits per heavy atom. The number of benzene rings is 2. The molecule has 0 fully saturated rings. The second kappa shape index (κ2) is 8.13. The van der Waals surface area contributed by atoms with Crippen LogP contribution >= 0.6 is 11.8 Å². The van der Waals surface area contributed by atoms with Crippen molar-refractivity contribution in [2.75, 3.05) is 28.8 Å². The molecule has 3 amide bonds. The number of carbonyl (C=O) groups is 3. The molecule has 2 aromatic rings. The van der Waals surface area contributed by atoms with Gasteiger partial charge in [0.15, 0.2) is 0 Å². The average molecular weight is 385 g/mol. The molecular weight excluding hydrogens is 366 g/mol. The van der Waals surface area contributed by atoms with Gasteiger partial charge in [0, 0.05) is 35.2 Å². The molecular formula is C19H19N3O4S. The van der Waals surface area contributed by atoms with Crippen molar-refractivity contribution in [3.05, 3.63) is 42.0 Å². The molecule has 27 heavy (non-hydrogen) atoms. The largest absolute Gasteiger partial charge is 0.495 e. The van der Waals surface area contributed by atoms with E-state index in [1.54, 1.807) is 42.1 Å². The summed E-state index contributed by atoms with van der Waals surface area (Å²) >= 11 is 1.58. The monoisotopic (exact) mass is 385 g/mol. The van der Waals surface area contributed by atoms with E-state index in [1.807, 2.05) is 6.07 Å². The summed E-state index contributed by atoms with van der Waals surface area (Å²) in [6, 6.07) is 10.2. The van der Waals surface area contributed by atoms with Crippen molar-refractivity contribution in [3.63, 3.8) is 0 Å². The minimum atomic E-state index is -0.348. The van der Waals surface area contributed by atoms with Crippen LogP contribution in [0.4, 0.5) is 17.1 Å². The third kappa shape index (κ3) is 4.59. The highest BCUT2D eigenvalue weighted by molar-refractivity contribution is 7.99. The third-order valence-corrected chi connectivity index (χ3v) is 4.95. The van der Waals surface area contributed by atoms with Gasteiger partial charge in [-0.25, -0.2) is 0 Å². The van der Waals surface area contributed by atoms with Crippen LogP contribution in [0.2, 0.25) is 0 Å². The number of nitrogens with one attached hydrogen (secondary N) is 3. The summed E-state index contributed by atoms with van der Waals surface area (Å²) < 4.78 is 5.28. The van der Waals surface area contributed by atoms with Crippen molar-refractivity contribution in [1.82, 2.24) is 0 Å². The van der Waals surface area contributed by atoms with Crippen LogP contribution in [0.3, 0.4) is 0 Å². The molecule has 1 aliphatic heterocycles. The van der Waals surface area contributed by atoms with E-state index >= 15 is 0 Å². The maximum absolute atomic E-state index is 12.7. The van der Waals surface area contributed by atoms with Crippen LogP contribution in [0, 0.1) is 0 Å². The lowest BCUT2D eigenvalue weighted by molar-refractivity contribution is -0.116. The van der Waals surface area contributed by atoms with Gasteiger partial charge in [0.1, 0.15) is 5.75 Å². The Morgan fingerprint density at radius 2 is 1.96 bits per heavy atom. The molecule has 3 N–H and O–H groups in total. The fourth-order valence-corrected chi connectivity index (χ4v) is 3.58. The Bertz CT molecular complexity index is 914. The summed E-state index contributed by atoms with van der Waals surface area (Å²) in [7, 11) is 1.50. The summed E-state index contributed by atoms with van der Waals surface area (Å²) in [5.74, 6) is 0.549. The first-order valence-electron chi connectivity index (χ1n) is 8.30. The van der Waals surface area contributed by atoms with Crippen LogP contribution in [0.15, 0.2) is 41.3 Å². The van der Waals surface area contributed by atoms with E-state index in [1.165, 1.54) is 14.0 Å². The molecule has 0 aromatic heterocycles. The molecule has 0 spiro atoms. The topological polar surface area (TPSA) is 96.5 Å². The normalized spacial score (nSPS) is 13.0. The number of methoxy groups -OCH3 is 1. The zero-order valence-corrected chi connectivity index (χ0v) is 15.7. The number of ether oxygens (including phenoxy) is 1. The molecule has 1 aliphatic rings. The summed E-state index contributed by atoms with van der Waals surface area (Å²) in [6.45, 7) is 1.41. The number of anilines is 3. The second-order valence-electron chi connectivity index (χ2n) is 5.91. The Morgan fingerprint density at radius 3 is 2.70 bits per heavy atom. The van der Waals surface area contributed by atoms with Gasteiger partial charge in [0.2, 0.25) is 11.8 Å². The van der Waals surface area contributed by atoms with E-state index in [0.717, 1.165) is 4.90 Å². The average Bonchev–Trinajstić information content (AvgIpc) is 2.81. The van der Waals surface area contributed by atoms with Crippen molar-refractivity contribution in [1.29, 1.82) is 0 Å². The lowest BCUT2D eigenvalue weighted by Gasteiger charge is -2.13. The van der Waals surface area contributed by atoms with E-state index in [0.29, 0.717) is 40.5 Å². The minimum Gasteiger partial charge on any atom is -0.495 e. The molecule has 140 valence electrons. The van der Waals surface area contributed by atoms with Crippen LogP contribution in [0.25, 0.3) is 0 Å². The summed E-state index contributed by atoms with van der Waals surface area (Å²) in [4.78, 5) is 36.6. The van der Waals surface area contributed by atoms with Crippen LogP contribution in [0.5, 0.6) is 5.75 Å². The number of hydrogen-bond acceptors (Lipinski definition) is 5. The zero-order valence-electron chi connectivity index (χ0n) is 14.9. The lowest BCUT2D eigenvalue weighted by Crippen LogP contribution is -2.15. The maximum atomic E-state index is 12.7. The zero-order chi connectivity index (χ0) is 19.4. The van der Waals surface area contributed by atoms with E-state index in [9.17, 15) is 14.4 Å². The van der Waals surface area contributed by atoms with Gasteiger partial charge in [-0.1, -0.05) is 0 Å². The van der Waals surface area contributed by atoms with Gasteiger partial charge in [-0.15, -0.1) is 11.8 Å². The number of amides is 3.